The van der Waals surface area contributed by atoms with E-state index in [1.165, 1.54) is 18.2 Å². The number of aliphatic carboxylic acids is 1. The second kappa shape index (κ2) is 8.70. The second-order valence-corrected chi connectivity index (χ2v) is 8.52. The van der Waals surface area contributed by atoms with Crippen LogP contribution in [-0.2, 0) is 25.7 Å². The van der Waals surface area contributed by atoms with E-state index in [2.05, 4.69) is 5.32 Å². The Morgan fingerprint density at radius 1 is 1.12 bits per heavy atom. The Morgan fingerprint density at radius 3 is 2.59 bits per heavy atom. The van der Waals surface area contributed by atoms with Crippen molar-refractivity contribution < 1.29 is 28.6 Å². The number of anilines is 1. The van der Waals surface area contributed by atoms with Gasteiger partial charge in [0.1, 0.15) is 18.0 Å². The number of benzene rings is 2. The van der Waals surface area contributed by atoms with E-state index < -0.39 is 48.0 Å². The number of rotatable bonds is 7. The summed E-state index contributed by atoms with van der Waals surface area (Å²) in [6, 6.07) is 13.1. The van der Waals surface area contributed by atoms with E-state index in [0.717, 1.165) is 30.5 Å². The third-order valence-corrected chi connectivity index (χ3v) is 6.58. The van der Waals surface area contributed by atoms with Gasteiger partial charge in [0.25, 0.3) is 0 Å². The van der Waals surface area contributed by atoms with Crippen LogP contribution >= 0.6 is 0 Å². The highest BCUT2D eigenvalue weighted by Crippen LogP contribution is 2.50. The highest BCUT2D eigenvalue weighted by atomic mass is 19.1. The molecule has 0 aromatic heterocycles. The van der Waals surface area contributed by atoms with Crippen molar-refractivity contribution in [3.63, 3.8) is 0 Å². The van der Waals surface area contributed by atoms with E-state index in [4.69, 9.17) is 10.5 Å². The summed E-state index contributed by atoms with van der Waals surface area (Å²) in [6.45, 7) is -0.428. The summed E-state index contributed by atoms with van der Waals surface area (Å²) in [5, 5.41) is 13.6. The SMILES string of the molecule is NC(CC(=O)C(=O)OCc1ccccc1F)(C(=O)O)C1c2ccccc2NC2CCCC21. The fourth-order valence-electron chi connectivity index (χ4n) is 5.05. The molecule has 7 nitrogen and oxygen atoms in total. The van der Waals surface area contributed by atoms with Crippen LogP contribution in [-0.4, -0.2) is 34.4 Å². The van der Waals surface area contributed by atoms with Crippen LogP contribution in [0.5, 0.6) is 0 Å². The Morgan fingerprint density at radius 2 is 1.84 bits per heavy atom. The molecular formula is C24H25FN2O5. The van der Waals surface area contributed by atoms with Crippen LogP contribution in [0.25, 0.3) is 0 Å². The molecule has 1 aliphatic carbocycles. The zero-order chi connectivity index (χ0) is 22.9. The van der Waals surface area contributed by atoms with Crippen LogP contribution in [0.1, 0.15) is 42.7 Å². The van der Waals surface area contributed by atoms with Gasteiger partial charge in [-0.2, -0.15) is 0 Å². The quantitative estimate of drug-likeness (QED) is 0.447. The summed E-state index contributed by atoms with van der Waals surface area (Å²) in [4.78, 5) is 37.4. The lowest BCUT2D eigenvalue weighted by Gasteiger charge is -2.44. The molecule has 0 amide bonds. The zero-order valence-corrected chi connectivity index (χ0v) is 17.4. The monoisotopic (exact) mass is 440 g/mol. The molecule has 1 heterocycles. The Labute approximate surface area is 184 Å². The molecule has 1 saturated carbocycles. The van der Waals surface area contributed by atoms with Gasteiger partial charge < -0.3 is 20.9 Å². The first-order valence-electron chi connectivity index (χ1n) is 10.6. The first kappa shape index (κ1) is 22.0. The number of halogens is 1. The van der Waals surface area contributed by atoms with Crippen molar-refractivity contribution in [2.24, 2.45) is 11.7 Å². The lowest BCUT2D eigenvalue weighted by Crippen LogP contribution is -2.59. The lowest BCUT2D eigenvalue weighted by atomic mass is 9.66. The molecule has 4 N–H and O–H groups in total. The molecule has 4 unspecified atom stereocenters. The number of carboxylic acid groups (broad SMARTS) is 1. The highest BCUT2D eigenvalue weighted by Gasteiger charge is 2.54. The first-order chi connectivity index (χ1) is 15.3. The maximum atomic E-state index is 13.7. The molecular weight excluding hydrogens is 415 g/mol. The number of carboxylic acids is 1. The van der Waals surface area contributed by atoms with Crippen LogP contribution in [0.4, 0.5) is 10.1 Å². The number of Topliss-reactive ketones (excluding diaryl/α,β-unsaturated/α-hetero) is 1. The minimum atomic E-state index is -1.99. The number of nitrogens with one attached hydrogen (secondary N) is 1. The molecule has 1 aliphatic heterocycles. The van der Waals surface area contributed by atoms with Crippen molar-refractivity contribution in [1.29, 1.82) is 0 Å². The van der Waals surface area contributed by atoms with Crippen LogP contribution in [0.15, 0.2) is 48.5 Å². The molecule has 0 saturated heterocycles. The molecule has 168 valence electrons. The van der Waals surface area contributed by atoms with E-state index in [0.29, 0.717) is 0 Å². The molecule has 4 rings (SSSR count). The molecule has 2 aromatic rings. The van der Waals surface area contributed by atoms with Gasteiger partial charge in [-0.1, -0.05) is 42.8 Å². The number of esters is 1. The fourth-order valence-corrected chi connectivity index (χ4v) is 5.05. The smallest absolute Gasteiger partial charge is 0.375 e. The van der Waals surface area contributed by atoms with Crippen molar-refractivity contribution in [3.8, 4) is 0 Å². The van der Waals surface area contributed by atoms with Gasteiger partial charge in [0.05, 0.1) is 0 Å². The number of carbonyl (C=O) groups excluding carboxylic acids is 2. The molecule has 32 heavy (non-hydrogen) atoms. The molecule has 4 atom stereocenters. The van der Waals surface area contributed by atoms with Crippen LogP contribution in [0, 0.1) is 11.7 Å². The predicted molar refractivity (Wildman–Crippen MR) is 114 cm³/mol. The van der Waals surface area contributed by atoms with Gasteiger partial charge in [0, 0.05) is 29.6 Å². The Bertz CT molecular complexity index is 1060. The zero-order valence-electron chi connectivity index (χ0n) is 17.4. The third-order valence-electron chi connectivity index (χ3n) is 6.58. The summed E-state index contributed by atoms with van der Waals surface area (Å²) in [5.74, 6) is -4.90. The molecule has 1 fully saturated rings. The van der Waals surface area contributed by atoms with E-state index in [9.17, 15) is 23.9 Å². The molecule has 2 aliphatic rings. The number of para-hydroxylation sites is 1. The minimum Gasteiger partial charge on any atom is -0.480 e. The number of carbonyl (C=O) groups is 3. The molecule has 0 bridgehead atoms. The first-order valence-corrected chi connectivity index (χ1v) is 10.6. The van der Waals surface area contributed by atoms with Crippen molar-refractivity contribution >= 4 is 23.4 Å². The lowest BCUT2D eigenvalue weighted by molar-refractivity contribution is -0.157. The van der Waals surface area contributed by atoms with Gasteiger partial charge >= 0.3 is 11.9 Å². The van der Waals surface area contributed by atoms with E-state index in [1.54, 1.807) is 12.1 Å². The normalized spacial score (nSPS) is 23.2. The van der Waals surface area contributed by atoms with E-state index in [1.807, 2.05) is 18.2 Å². The summed E-state index contributed by atoms with van der Waals surface area (Å²) >= 11 is 0. The Kier molecular flexibility index (Phi) is 5.97. The van der Waals surface area contributed by atoms with Gasteiger partial charge in [-0.05, 0) is 36.5 Å². The van der Waals surface area contributed by atoms with Gasteiger partial charge in [-0.25, -0.2) is 9.18 Å². The Hall–Kier alpha value is -3.26. The second-order valence-electron chi connectivity index (χ2n) is 8.52. The van der Waals surface area contributed by atoms with Crippen LogP contribution in [0.3, 0.4) is 0 Å². The number of hydrogen-bond donors (Lipinski definition) is 3. The van der Waals surface area contributed by atoms with Crippen molar-refractivity contribution in [2.45, 2.75) is 49.8 Å². The molecule has 0 radical (unpaired) electrons. The molecule has 2 aromatic carbocycles. The standard InChI is InChI=1S/C24H25FN2O5/c25-17-9-3-1-6-14(17)13-32-22(29)20(28)12-24(26,23(30)31)21-15-7-2-4-10-18(15)27-19-11-5-8-16(19)21/h1-4,6-7,9-10,16,19,21,27H,5,8,11-13,26H2,(H,30,31). The van der Waals surface area contributed by atoms with Crippen LogP contribution in [0.2, 0.25) is 0 Å². The van der Waals surface area contributed by atoms with E-state index in [-0.39, 0.29) is 17.5 Å². The number of fused-ring (bicyclic) bond motifs is 2. The van der Waals surface area contributed by atoms with Gasteiger partial charge in [-0.3, -0.25) is 9.59 Å². The van der Waals surface area contributed by atoms with Gasteiger partial charge in [0.2, 0.25) is 5.78 Å². The average molecular weight is 440 g/mol. The summed E-state index contributed by atoms with van der Waals surface area (Å²) in [7, 11) is 0. The molecule has 8 heteroatoms. The minimum absolute atomic E-state index is 0.0558. The van der Waals surface area contributed by atoms with Gasteiger partial charge in [0.15, 0.2) is 0 Å². The average Bonchev–Trinajstić information content (AvgIpc) is 3.24. The topological polar surface area (TPSA) is 119 Å². The fraction of sp³-hybridized carbons (Fsp3) is 0.375. The highest BCUT2D eigenvalue weighted by molar-refractivity contribution is 6.34. The Balaban J connectivity index is 1.57. The number of ketones is 1. The van der Waals surface area contributed by atoms with Crippen molar-refractivity contribution in [2.75, 3.05) is 5.32 Å². The largest absolute Gasteiger partial charge is 0.480 e. The van der Waals surface area contributed by atoms with E-state index >= 15 is 0 Å². The summed E-state index contributed by atoms with van der Waals surface area (Å²) < 4.78 is 18.7. The number of nitrogens with two attached hydrogens (primary N) is 1. The predicted octanol–water partition coefficient (Wildman–Crippen LogP) is 2.99. The van der Waals surface area contributed by atoms with Crippen LogP contribution < -0.4 is 11.1 Å². The molecule has 0 spiro atoms. The maximum absolute atomic E-state index is 13.7. The third kappa shape index (κ3) is 3.98. The number of hydrogen-bond acceptors (Lipinski definition) is 6. The number of ether oxygens (including phenoxy) is 1. The van der Waals surface area contributed by atoms with Crippen molar-refractivity contribution in [1.82, 2.24) is 0 Å². The summed E-state index contributed by atoms with van der Waals surface area (Å²) in [5.41, 5.74) is 6.10. The van der Waals surface area contributed by atoms with Crippen molar-refractivity contribution in [3.05, 3.63) is 65.5 Å². The maximum Gasteiger partial charge on any atom is 0.375 e. The summed E-state index contributed by atoms with van der Waals surface area (Å²) in [6.07, 6.45) is 1.86. The van der Waals surface area contributed by atoms with Gasteiger partial charge in [-0.15, -0.1) is 0 Å².